The van der Waals surface area contributed by atoms with E-state index >= 15 is 0 Å². The molecule has 1 fully saturated rings. The second-order valence-corrected chi connectivity index (χ2v) is 7.92. The highest BCUT2D eigenvalue weighted by Crippen LogP contribution is 2.21. The molecule has 122 valence electrons. The van der Waals surface area contributed by atoms with Crippen molar-refractivity contribution >= 4 is 40.6 Å². The van der Waals surface area contributed by atoms with Crippen LogP contribution in [0.2, 0.25) is 5.02 Å². The first-order chi connectivity index (χ1) is 11.2. The maximum atomic E-state index is 12.2. The van der Waals surface area contributed by atoms with Crippen LogP contribution in [0.5, 0.6) is 0 Å². The lowest BCUT2D eigenvalue weighted by molar-refractivity contribution is -0.130. The first-order valence-corrected chi connectivity index (χ1v) is 9.72. The Morgan fingerprint density at radius 2 is 1.96 bits per heavy atom. The van der Waals surface area contributed by atoms with Gasteiger partial charge in [-0.15, -0.1) is 11.3 Å². The molecule has 1 aromatic carbocycles. The van der Waals surface area contributed by atoms with Crippen molar-refractivity contribution in [3.63, 3.8) is 0 Å². The molecular weight excluding hydrogens is 350 g/mol. The second-order valence-electron chi connectivity index (χ2n) is 5.37. The van der Waals surface area contributed by atoms with E-state index in [-0.39, 0.29) is 5.91 Å². The molecule has 0 aliphatic carbocycles. The summed E-state index contributed by atoms with van der Waals surface area (Å²) in [5.41, 5.74) is 1.26. The molecule has 23 heavy (non-hydrogen) atoms. The quantitative estimate of drug-likeness (QED) is 0.760. The zero-order valence-corrected chi connectivity index (χ0v) is 15.0. The van der Waals surface area contributed by atoms with E-state index in [1.807, 2.05) is 22.4 Å². The molecule has 0 N–H and O–H groups in total. The molecule has 0 atom stereocenters. The summed E-state index contributed by atoms with van der Waals surface area (Å²) in [4.78, 5) is 20.8. The van der Waals surface area contributed by atoms with Gasteiger partial charge in [-0.1, -0.05) is 35.5 Å². The number of aromatic nitrogens is 1. The fourth-order valence-electron chi connectivity index (χ4n) is 2.50. The highest BCUT2D eigenvalue weighted by atomic mass is 35.5. The summed E-state index contributed by atoms with van der Waals surface area (Å²) in [6.45, 7) is 4.33. The molecule has 0 saturated carbocycles. The van der Waals surface area contributed by atoms with E-state index in [1.54, 1.807) is 17.5 Å². The van der Waals surface area contributed by atoms with Crippen LogP contribution in [-0.4, -0.2) is 52.6 Å². The van der Waals surface area contributed by atoms with Crippen LogP contribution in [0.15, 0.2) is 40.2 Å². The van der Waals surface area contributed by atoms with Crippen LogP contribution in [0.1, 0.15) is 5.56 Å². The van der Waals surface area contributed by atoms with Gasteiger partial charge in [-0.25, -0.2) is 4.98 Å². The summed E-state index contributed by atoms with van der Waals surface area (Å²) >= 11 is 9.01. The van der Waals surface area contributed by atoms with Crippen LogP contribution < -0.4 is 0 Å². The number of nitrogens with zero attached hydrogens (tertiary/aromatic N) is 3. The predicted molar refractivity (Wildman–Crippen MR) is 96.1 cm³/mol. The molecule has 1 aliphatic rings. The van der Waals surface area contributed by atoms with Crippen LogP contribution in [-0.2, 0) is 11.3 Å². The van der Waals surface area contributed by atoms with E-state index in [2.05, 4.69) is 22.0 Å². The van der Waals surface area contributed by atoms with Crippen molar-refractivity contribution < 1.29 is 4.79 Å². The Kier molecular flexibility index (Phi) is 5.94. The molecule has 1 amide bonds. The van der Waals surface area contributed by atoms with Crippen LogP contribution in [0.25, 0.3) is 0 Å². The Hall–Kier alpha value is -1.08. The Morgan fingerprint density at radius 3 is 2.61 bits per heavy atom. The van der Waals surface area contributed by atoms with Gasteiger partial charge in [-0.05, 0) is 17.7 Å². The van der Waals surface area contributed by atoms with Gasteiger partial charge in [0, 0.05) is 49.3 Å². The van der Waals surface area contributed by atoms with E-state index in [9.17, 15) is 4.79 Å². The van der Waals surface area contributed by atoms with Crippen molar-refractivity contribution in [3.05, 3.63) is 46.4 Å². The number of thioether (sulfide) groups is 1. The van der Waals surface area contributed by atoms with Gasteiger partial charge in [0.25, 0.3) is 0 Å². The zero-order chi connectivity index (χ0) is 16.1. The number of halogens is 1. The fraction of sp³-hybridized carbons (Fsp3) is 0.375. The highest BCUT2D eigenvalue weighted by molar-refractivity contribution is 8.01. The van der Waals surface area contributed by atoms with Gasteiger partial charge < -0.3 is 4.90 Å². The van der Waals surface area contributed by atoms with E-state index in [0.717, 1.165) is 42.1 Å². The normalized spacial score (nSPS) is 15.8. The molecule has 0 radical (unpaired) electrons. The molecule has 7 heteroatoms. The van der Waals surface area contributed by atoms with E-state index in [0.29, 0.717) is 5.75 Å². The maximum absolute atomic E-state index is 12.2. The van der Waals surface area contributed by atoms with Crippen LogP contribution in [0, 0.1) is 0 Å². The van der Waals surface area contributed by atoms with Gasteiger partial charge in [0.1, 0.15) is 4.34 Å². The molecule has 1 aliphatic heterocycles. The second kappa shape index (κ2) is 8.15. The predicted octanol–water partition coefficient (Wildman–Crippen LogP) is 3.23. The Labute approximate surface area is 149 Å². The number of rotatable bonds is 5. The van der Waals surface area contributed by atoms with Crippen LogP contribution in [0.3, 0.4) is 0 Å². The minimum atomic E-state index is 0.205. The van der Waals surface area contributed by atoms with Crippen molar-refractivity contribution in [2.24, 2.45) is 0 Å². The molecule has 1 aromatic heterocycles. The molecule has 0 spiro atoms. The van der Waals surface area contributed by atoms with Crippen LogP contribution in [0.4, 0.5) is 0 Å². The summed E-state index contributed by atoms with van der Waals surface area (Å²) in [7, 11) is 0. The summed E-state index contributed by atoms with van der Waals surface area (Å²) in [6.07, 6.45) is 1.77. The molecule has 0 unspecified atom stereocenters. The van der Waals surface area contributed by atoms with E-state index < -0.39 is 0 Å². The minimum Gasteiger partial charge on any atom is -0.339 e. The third-order valence-electron chi connectivity index (χ3n) is 3.77. The van der Waals surface area contributed by atoms with Gasteiger partial charge in [-0.3, -0.25) is 9.69 Å². The van der Waals surface area contributed by atoms with Gasteiger partial charge in [0.2, 0.25) is 5.91 Å². The lowest BCUT2D eigenvalue weighted by atomic mass is 10.2. The molecule has 3 rings (SSSR count). The molecule has 2 aromatic rings. The average Bonchev–Trinajstić information content (AvgIpc) is 3.09. The van der Waals surface area contributed by atoms with Gasteiger partial charge in [-0.2, -0.15) is 0 Å². The molecule has 4 nitrogen and oxygen atoms in total. The molecule has 1 saturated heterocycles. The number of benzene rings is 1. The molecular formula is C16H18ClN3OS2. The summed E-state index contributed by atoms with van der Waals surface area (Å²) < 4.78 is 0.958. The summed E-state index contributed by atoms with van der Waals surface area (Å²) in [5.74, 6) is 0.682. The largest absolute Gasteiger partial charge is 0.339 e. The van der Waals surface area contributed by atoms with Crippen molar-refractivity contribution in [1.82, 2.24) is 14.8 Å². The third-order valence-corrected chi connectivity index (χ3v) is 5.98. The van der Waals surface area contributed by atoms with E-state index in [1.165, 1.54) is 17.3 Å². The number of piperazine rings is 1. The lowest BCUT2D eigenvalue weighted by Gasteiger charge is -2.34. The van der Waals surface area contributed by atoms with E-state index in [4.69, 9.17) is 11.6 Å². The number of hydrogen-bond acceptors (Lipinski definition) is 5. The molecule has 0 bridgehead atoms. The Balaban J connectivity index is 1.42. The highest BCUT2D eigenvalue weighted by Gasteiger charge is 2.21. The van der Waals surface area contributed by atoms with Gasteiger partial charge in [0.05, 0.1) is 5.75 Å². The number of hydrogen-bond donors (Lipinski definition) is 0. The SMILES string of the molecule is O=C(CSc1nccs1)N1CCN(Cc2ccc(Cl)cc2)CC1. The van der Waals surface area contributed by atoms with Crippen LogP contribution >= 0.6 is 34.7 Å². The first kappa shape index (κ1) is 16.8. The van der Waals surface area contributed by atoms with Gasteiger partial charge >= 0.3 is 0 Å². The summed E-state index contributed by atoms with van der Waals surface area (Å²) in [6, 6.07) is 7.97. The molecule has 2 heterocycles. The average molecular weight is 368 g/mol. The van der Waals surface area contributed by atoms with Crippen molar-refractivity contribution in [2.75, 3.05) is 31.9 Å². The Morgan fingerprint density at radius 1 is 1.22 bits per heavy atom. The number of carbonyl (C=O) groups excluding carboxylic acids is 1. The number of carbonyl (C=O) groups is 1. The fourth-order valence-corrected chi connectivity index (χ4v) is 4.17. The number of thiazole rings is 1. The van der Waals surface area contributed by atoms with Crippen molar-refractivity contribution in [2.45, 2.75) is 10.9 Å². The smallest absolute Gasteiger partial charge is 0.233 e. The third kappa shape index (κ3) is 4.94. The topological polar surface area (TPSA) is 36.4 Å². The van der Waals surface area contributed by atoms with Gasteiger partial charge in [0.15, 0.2) is 0 Å². The standard InChI is InChI=1S/C16H18ClN3OS2/c17-14-3-1-13(2-4-14)11-19-6-8-20(9-7-19)15(21)12-23-16-18-5-10-22-16/h1-5,10H,6-9,11-12H2. The summed E-state index contributed by atoms with van der Waals surface area (Å²) in [5, 5.41) is 2.70. The minimum absolute atomic E-state index is 0.205. The Bertz CT molecular complexity index is 625. The monoisotopic (exact) mass is 367 g/mol. The van der Waals surface area contributed by atoms with Crippen molar-refractivity contribution in [1.29, 1.82) is 0 Å². The van der Waals surface area contributed by atoms with Crippen molar-refractivity contribution in [3.8, 4) is 0 Å². The maximum Gasteiger partial charge on any atom is 0.233 e. The zero-order valence-electron chi connectivity index (χ0n) is 12.7. The lowest BCUT2D eigenvalue weighted by Crippen LogP contribution is -2.48. The first-order valence-electron chi connectivity index (χ1n) is 7.47. The number of amides is 1.